The largest absolute Gasteiger partial charge is 0.360 e. The van der Waals surface area contributed by atoms with E-state index >= 15 is 0 Å². The van der Waals surface area contributed by atoms with Crippen molar-refractivity contribution in [2.45, 2.75) is 6.92 Å². The Balaban J connectivity index is 2.76. The third kappa shape index (κ3) is 0.925. The van der Waals surface area contributed by atoms with Crippen molar-refractivity contribution in [2.75, 3.05) is 0 Å². The Kier molecular flexibility index (Phi) is 1.24. The van der Waals surface area contributed by atoms with E-state index in [0.717, 1.165) is 16.5 Å². The minimum atomic E-state index is -0.643. The zero-order valence-electron chi connectivity index (χ0n) is 7.72. The van der Waals surface area contributed by atoms with Crippen LogP contribution in [-0.4, -0.2) is 11.2 Å². The van der Waals surface area contributed by atoms with Gasteiger partial charge in [0.2, 0.25) is 0 Å². The molecule has 0 atom stereocenters. The van der Waals surface area contributed by atoms with Gasteiger partial charge in [-0.05, 0) is 18.6 Å². The van der Waals surface area contributed by atoms with Gasteiger partial charge in [0, 0.05) is 22.7 Å². The molecular weight excluding hydrogens is 150 g/mol. The van der Waals surface area contributed by atoms with Gasteiger partial charge in [0.1, 0.15) is 1.37 Å². The summed E-state index contributed by atoms with van der Waals surface area (Å²) in [7, 11) is 0. The zero-order valence-corrected chi connectivity index (χ0v) is 6.72. The molecule has 1 aromatic carbocycles. The van der Waals surface area contributed by atoms with Gasteiger partial charge in [-0.25, -0.2) is 0 Å². The van der Waals surface area contributed by atoms with Crippen LogP contribution in [0, 0.1) is 6.92 Å². The molecule has 0 saturated carbocycles. The van der Waals surface area contributed by atoms with Gasteiger partial charge in [-0.3, -0.25) is 4.79 Å². The number of aryl methyl sites for hydroxylation is 1. The number of fused-ring (bicyclic) bond motifs is 1. The van der Waals surface area contributed by atoms with E-state index in [2.05, 4.69) is 4.98 Å². The molecule has 0 aliphatic carbocycles. The number of hydrogen-bond acceptors (Lipinski definition) is 1. The highest BCUT2D eigenvalue weighted by Gasteiger charge is 2.00. The molecule has 0 spiro atoms. The molecule has 1 heterocycles. The van der Waals surface area contributed by atoms with E-state index in [1.807, 2.05) is 25.1 Å². The van der Waals surface area contributed by atoms with Gasteiger partial charge in [0.05, 0.1) is 0 Å². The summed E-state index contributed by atoms with van der Waals surface area (Å²) in [6.07, 6.45) is 0.939. The summed E-state index contributed by atoms with van der Waals surface area (Å²) in [5, 5.41) is 0.825. The second-order valence-corrected chi connectivity index (χ2v) is 2.85. The fourth-order valence-electron chi connectivity index (χ4n) is 1.32. The van der Waals surface area contributed by atoms with E-state index in [1.165, 1.54) is 0 Å². The lowest BCUT2D eigenvalue weighted by Gasteiger charge is -1.92. The van der Waals surface area contributed by atoms with Crippen LogP contribution in [0.5, 0.6) is 0 Å². The minimum Gasteiger partial charge on any atom is -0.360 e. The maximum Gasteiger partial charge on any atom is 0.152 e. The fraction of sp³-hybridized carbons (Fsp3) is 0.100. The number of nitrogens with one attached hydrogen (secondary N) is 1. The Bertz CT molecular complexity index is 473. The highest BCUT2D eigenvalue weighted by molar-refractivity contribution is 5.97. The van der Waals surface area contributed by atoms with Crippen molar-refractivity contribution in [3.8, 4) is 0 Å². The fourth-order valence-corrected chi connectivity index (χ4v) is 1.32. The molecular formula is C10H9NO. The monoisotopic (exact) mass is 160 g/mol. The lowest BCUT2D eigenvalue weighted by molar-refractivity contribution is 0.112. The van der Waals surface area contributed by atoms with Crippen LogP contribution >= 0.6 is 0 Å². The number of aldehydes is 1. The molecule has 0 unspecified atom stereocenters. The number of aromatic nitrogens is 1. The molecule has 0 saturated heterocycles. The third-order valence-electron chi connectivity index (χ3n) is 1.95. The van der Waals surface area contributed by atoms with Crippen LogP contribution < -0.4 is 0 Å². The summed E-state index contributed by atoms with van der Waals surface area (Å²) in [4.78, 5) is 13.8. The minimum absolute atomic E-state index is 0.440. The number of carbonyl (C=O) groups excluding carboxylic acids is 1. The van der Waals surface area contributed by atoms with E-state index in [9.17, 15) is 4.79 Å². The molecule has 2 rings (SSSR count). The van der Waals surface area contributed by atoms with E-state index < -0.39 is 6.26 Å². The van der Waals surface area contributed by atoms with E-state index in [1.54, 1.807) is 6.20 Å². The topological polar surface area (TPSA) is 32.9 Å². The van der Waals surface area contributed by atoms with Gasteiger partial charge in [0.15, 0.2) is 6.26 Å². The Hall–Kier alpha value is -1.57. The summed E-state index contributed by atoms with van der Waals surface area (Å²) in [6, 6.07) is 5.76. The molecule has 0 radical (unpaired) electrons. The first-order chi connectivity index (χ1) is 6.18. The van der Waals surface area contributed by atoms with Crippen molar-refractivity contribution in [2.24, 2.45) is 0 Å². The van der Waals surface area contributed by atoms with Crippen molar-refractivity contribution in [3.63, 3.8) is 0 Å². The Morgan fingerprint density at radius 3 is 3.17 bits per heavy atom. The molecule has 0 bridgehead atoms. The van der Waals surface area contributed by atoms with Crippen LogP contribution in [0.25, 0.3) is 10.9 Å². The predicted octanol–water partition coefficient (Wildman–Crippen LogP) is 2.29. The van der Waals surface area contributed by atoms with Crippen LogP contribution in [0.3, 0.4) is 0 Å². The standard InChI is InChI=1S/C10H9NO/c1-7-2-3-9-8(6-12)5-11-10(9)4-7/h2-6,11H,1H3/i6D. The molecule has 2 aromatic rings. The van der Waals surface area contributed by atoms with Crippen molar-refractivity contribution in [1.29, 1.82) is 0 Å². The van der Waals surface area contributed by atoms with Gasteiger partial charge in [-0.1, -0.05) is 12.1 Å². The van der Waals surface area contributed by atoms with Gasteiger partial charge >= 0.3 is 0 Å². The molecule has 2 heteroatoms. The molecule has 12 heavy (non-hydrogen) atoms. The number of H-pyrrole nitrogens is 1. The van der Waals surface area contributed by atoms with Crippen LogP contribution in [0.2, 0.25) is 0 Å². The highest BCUT2D eigenvalue weighted by atomic mass is 16.1. The maximum atomic E-state index is 10.9. The lowest BCUT2D eigenvalue weighted by atomic mass is 10.1. The Morgan fingerprint density at radius 2 is 2.42 bits per heavy atom. The average Bonchev–Trinajstić information content (AvgIpc) is 2.46. The van der Waals surface area contributed by atoms with Crippen LogP contribution in [-0.2, 0) is 0 Å². The van der Waals surface area contributed by atoms with Crippen molar-refractivity contribution in [1.82, 2.24) is 4.98 Å². The zero-order chi connectivity index (χ0) is 9.42. The van der Waals surface area contributed by atoms with Crippen LogP contribution in [0.4, 0.5) is 0 Å². The molecule has 2 nitrogen and oxygen atoms in total. The smallest absolute Gasteiger partial charge is 0.152 e. The molecule has 0 aliphatic rings. The molecule has 0 fully saturated rings. The van der Waals surface area contributed by atoms with Crippen molar-refractivity contribution in [3.05, 3.63) is 35.5 Å². The molecule has 0 amide bonds. The second-order valence-electron chi connectivity index (χ2n) is 2.85. The summed E-state index contributed by atoms with van der Waals surface area (Å²) >= 11 is 0. The molecule has 1 aromatic heterocycles. The second kappa shape index (κ2) is 2.48. The Labute approximate surface area is 71.6 Å². The van der Waals surface area contributed by atoms with Crippen molar-refractivity contribution >= 4 is 17.2 Å². The molecule has 1 N–H and O–H groups in total. The Morgan fingerprint density at radius 1 is 1.58 bits per heavy atom. The van der Waals surface area contributed by atoms with Crippen LogP contribution in [0.15, 0.2) is 24.4 Å². The summed E-state index contributed by atoms with van der Waals surface area (Å²) < 4.78 is 7.01. The number of aromatic amines is 1. The summed E-state index contributed by atoms with van der Waals surface area (Å²) in [6.45, 7) is 1.99. The SMILES string of the molecule is [2H]C(=O)c1c[nH]c2cc(C)ccc12. The van der Waals surface area contributed by atoms with E-state index in [4.69, 9.17) is 1.37 Å². The number of rotatable bonds is 1. The third-order valence-corrected chi connectivity index (χ3v) is 1.95. The number of hydrogen-bond donors (Lipinski definition) is 1. The first-order valence-electron chi connectivity index (χ1n) is 4.27. The predicted molar refractivity (Wildman–Crippen MR) is 48.4 cm³/mol. The van der Waals surface area contributed by atoms with Gasteiger partial charge < -0.3 is 4.98 Å². The van der Waals surface area contributed by atoms with E-state index in [0.29, 0.717) is 5.56 Å². The van der Waals surface area contributed by atoms with Gasteiger partial charge in [-0.2, -0.15) is 0 Å². The number of benzene rings is 1. The van der Waals surface area contributed by atoms with E-state index in [-0.39, 0.29) is 0 Å². The first-order valence-corrected chi connectivity index (χ1v) is 3.77. The molecule has 60 valence electrons. The normalized spacial score (nSPS) is 11.6. The van der Waals surface area contributed by atoms with Gasteiger partial charge in [0.25, 0.3) is 0 Å². The average molecular weight is 160 g/mol. The quantitative estimate of drug-likeness (QED) is 0.638. The summed E-state index contributed by atoms with van der Waals surface area (Å²) in [5.74, 6) is 0. The maximum absolute atomic E-state index is 10.9. The highest BCUT2D eigenvalue weighted by Crippen LogP contribution is 2.17. The number of carbonyl (C=O) groups is 1. The van der Waals surface area contributed by atoms with Crippen LogP contribution in [0.1, 0.15) is 17.3 Å². The summed E-state index contributed by atoms with van der Waals surface area (Å²) in [5.41, 5.74) is 2.49. The lowest BCUT2D eigenvalue weighted by Crippen LogP contribution is -1.75. The van der Waals surface area contributed by atoms with Gasteiger partial charge in [-0.15, -0.1) is 0 Å². The first kappa shape index (κ1) is 6.00. The van der Waals surface area contributed by atoms with Crippen molar-refractivity contribution < 1.29 is 6.17 Å². The molecule has 0 aliphatic heterocycles.